The quantitative estimate of drug-likeness (QED) is 0.651. The molecule has 0 saturated carbocycles. The third-order valence-corrected chi connectivity index (χ3v) is 4.00. The van der Waals surface area contributed by atoms with E-state index in [1.54, 1.807) is 6.92 Å². The predicted octanol–water partition coefficient (Wildman–Crippen LogP) is 0.967. The van der Waals surface area contributed by atoms with E-state index in [-0.39, 0.29) is 18.0 Å². The fourth-order valence-electron chi connectivity index (χ4n) is 2.73. The molecule has 1 aliphatic heterocycles. The maximum Gasteiger partial charge on any atom is 0.338 e. The average molecular weight is 332 g/mol. The monoisotopic (exact) mass is 332 g/mol. The summed E-state index contributed by atoms with van der Waals surface area (Å²) in [6, 6.07) is 7.75. The maximum absolute atomic E-state index is 12.3. The van der Waals surface area contributed by atoms with E-state index in [2.05, 4.69) is 47.1 Å². The second-order valence-corrected chi connectivity index (χ2v) is 5.85. The first-order valence-corrected chi connectivity index (χ1v) is 8.40. The normalized spacial score (nSPS) is 17.3. The highest BCUT2D eigenvalue weighted by molar-refractivity contribution is 5.94. The Kier molecular flexibility index (Phi) is 6.37. The third-order valence-electron chi connectivity index (χ3n) is 4.00. The Morgan fingerprint density at radius 3 is 2.54 bits per heavy atom. The number of benzene rings is 1. The van der Waals surface area contributed by atoms with Gasteiger partial charge in [-0.05, 0) is 20.3 Å². The summed E-state index contributed by atoms with van der Waals surface area (Å²) in [5.41, 5.74) is 3.59. The molecule has 0 fully saturated rings. The van der Waals surface area contributed by atoms with Gasteiger partial charge in [-0.2, -0.15) is 0 Å². The molecule has 0 spiro atoms. The Labute approximate surface area is 142 Å². The van der Waals surface area contributed by atoms with Gasteiger partial charge >= 0.3 is 12.0 Å². The van der Waals surface area contributed by atoms with Crippen LogP contribution < -0.4 is 16.0 Å². The van der Waals surface area contributed by atoms with Crippen LogP contribution in [0.25, 0.3) is 0 Å². The van der Waals surface area contributed by atoms with Crippen molar-refractivity contribution in [3.05, 3.63) is 46.7 Å². The summed E-state index contributed by atoms with van der Waals surface area (Å²) >= 11 is 0. The summed E-state index contributed by atoms with van der Waals surface area (Å²) in [7, 11) is 0. The number of carbonyl (C=O) groups excluding carboxylic acids is 2. The molecule has 0 aromatic heterocycles. The van der Waals surface area contributed by atoms with Gasteiger partial charge in [0.05, 0.1) is 23.9 Å². The minimum absolute atomic E-state index is 0.270. The van der Waals surface area contributed by atoms with Crippen molar-refractivity contribution in [3.8, 4) is 0 Å². The molecule has 0 bridgehead atoms. The van der Waals surface area contributed by atoms with E-state index in [0.717, 1.165) is 6.54 Å². The topological polar surface area (TPSA) is 84.0 Å². The molecule has 130 valence electrons. The first-order valence-electron chi connectivity index (χ1n) is 8.40. The Bertz CT molecular complexity index is 623. The lowest BCUT2D eigenvalue weighted by atomic mass is 10.00. The largest absolute Gasteiger partial charge is 0.463 e. The first-order chi connectivity index (χ1) is 11.5. The van der Waals surface area contributed by atoms with E-state index in [9.17, 15) is 9.59 Å². The van der Waals surface area contributed by atoms with Gasteiger partial charge in [-0.25, -0.2) is 9.59 Å². The van der Waals surface area contributed by atoms with Crippen LogP contribution in [0.5, 0.6) is 0 Å². The predicted molar refractivity (Wildman–Crippen MR) is 91.1 cm³/mol. The lowest BCUT2D eigenvalue weighted by Gasteiger charge is -2.27. The van der Waals surface area contributed by atoms with Gasteiger partial charge in [0.2, 0.25) is 0 Å². The molecular weight excluding hydrogens is 306 g/mol. The third kappa shape index (κ3) is 4.58. The molecule has 2 amide bonds. The van der Waals surface area contributed by atoms with Crippen molar-refractivity contribution in [2.75, 3.05) is 13.2 Å². The van der Waals surface area contributed by atoms with Gasteiger partial charge in [-0.3, -0.25) is 0 Å². The van der Waals surface area contributed by atoms with Crippen molar-refractivity contribution < 1.29 is 19.6 Å². The van der Waals surface area contributed by atoms with Crippen LogP contribution in [-0.4, -0.2) is 31.2 Å². The Balaban J connectivity index is 2.10. The minimum atomic E-state index is -0.365. The highest BCUT2D eigenvalue weighted by Gasteiger charge is 2.31. The molecule has 1 aromatic carbocycles. The number of ether oxygens (including phenoxy) is 1. The van der Waals surface area contributed by atoms with E-state index in [0.29, 0.717) is 30.8 Å². The highest BCUT2D eigenvalue weighted by Crippen LogP contribution is 2.16. The van der Waals surface area contributed by atoms with Crippen LogP contribution >= 0.6 is 0 Å². The zero-order chi connectivity index (χ0) is 17.5. The number of nitrogens with two attached hydrogens (primary N) is 1. The maximum atomic E-state index is 12.3. The fourth-order valence-corrected chi connectivity index (χ4v) is 2.73. The standard InChI is InChI=1S/C18H25N3O3/c1-4-14-16(17(22)24-5-2)15(21-18(23)20-14)11-19-10-13-8-6-12(3)7-9-13/h6-9,14,19H,4-5,10-11H2,1-3H3,(H2,20,21,23)/p+1/t14-/m0/s1. The van der Waals surface area contributed by atoms with Crippen LogP contribution in [0.15, 0.2) is 35.5 Å². The van der Waals surface area contributed by atoms with Gasteiger partial charge < -0.3 is 20.7 Å². The number of hydrogen-bond donors (Lipinski definition) is 3. The van der Waals surface area contributed by atoms with Crippen LogP contribution in [-0.2, 0) is 16.1 Å². The van der Waals surface area contributed by atoms with Gasteiger partial charge in [0.15, 0.2) is 0 Å². The second-order valence-electron chi connectivity index (χ2n) is 5.85. The molecular formula is C18H26N3O3+. The minimum Gasteiger partial charge on any atom is -0.463 e. The SMILES string of the molecule is CCOC(=O)C1=C(C[NH2+]Cc2ccc(C)cc2)NC(=O)N[C@H]1CC. The van der Waals surface area contributed by atoms with Crippen LogP contribution in [0.4, 0.5) is 4.79 Å². The van der Waals surface area contributed by atoms with E-state index < -0.39 is 0 Å². The number of quaternary nitrogens is 1. The Morgan fingerprint density at radius 2 is 1.92 bits per heavy atom. The van der Waals surface area contributed by atoms with Gasteiger partial charge in [0, 0.05) is 5.56 Å². The Morgan fingerprint density at radius 1 is 1.21 bits per heavy atom. The number of hydrogen-bond acceptors (Lipinski definition) is 3. The van der Waals surface area contributed by atoms with Gasteiger partial charge in [-0.15, -0.1) is 0 Å². The molecule has 1 aromatic rings. The number of carbonyl (C=O) groups is 2. The summed E-state index contributed by atoms with van der Waals surface area (Å²) in [6.45, 7) is 7.37. The molecule has 1 atom stereocenters. The number of amides is 2. The number of esters is 1. The van der Waals surface area contributed by atoms with Crippen molar-refractivity contribution in [2.45, 2.75) is 39.8 Å². The summed E-state index contributed by atoms with van der Waals surface area (Å²) in [4.78, 5) is 24.1. The molecule has 0 unspecified atom stereocenters. The molecule has 2 rings (SSSR count). The number of rotatable bonds is 7. The molecule has 6 nitrogen and oxygen atoms in total. The van der Waals surface area contributed by atoms with Gasteiger partial charge in [0.25, 0.3) is 0 Å². The molecule has 0 saturated heterocycles. The van der Waals surface area contributed by atoms with Crippen LogP contribution in [0.2, 0.25) is 0 Å². The number of urea groups is 1. The fraction of sp³-hybridized carbons (Fsp3) is 0.444. The smallest absolute Gasteiger partial charge is 0.338 e. The average Bonchev–Trinajstić information content (AvgIpc) is 2.56. The van der Waals surface area contributed by atoms with Gasteiger partial charge in [-0.1, -0.05) is 36.8 Å². The molecule has 6 heteroatoms. The van der Waals surface area contributed by atoms with E-state index in [1.165, 1.54) is 11.1 Å². The summed E-state index contributed by atoms with van der Waals surface area (Å²) in [5, 5.41) is 7.61. The van der Waals surface area contributed by atoms with Crippen LogP contribution in [0.3, 0.4) is 0 Å². The highest BCUT2D eigenvalue weighted by atomic mass is 16.5. The molecule has 0 aliphatic carbocycles. The van der Waals surface area contributed by atoms with Crippen molar-refractivity contribution >= 4 is 12.0 Å². The number of aryl methyl sites for hydroxylation is 1. The van der Waals surface area contributed by atoms with Crippen molar-refractivity contribution in [1.82, 2.24) is 10.6 Å². The van der Waals surface area contributed by atoms with Crippen molar-refractivity contribution in [3.63, 3.8) is 0 Å². The Hall–Kier alpha value is -2.34. The van der Waals surface area contributed by atoms with E-state index in [4.69, 9.17) is 4.74 Å². The lowest BCUT2D eigenvalue weighted by Crippen LogP contribution is -2.84. The second kappa shape index (κ2) is 8.49. The first kappa shape index (κ1) is 18.0. The zero-order valence-electron chi connectivity index (χ0n) is 14.5. The van der Waals surface area contributed by atoms with E-state index >= 15 is 0 Å². The van der Waals surface area contributed by atoms with Crippen LogP contribution in [0.1, 0.15) is 31.4 Å². The summed E-state index contributed by atoms with van der Waals surface area (Å²) in [6.07, 6.45) is 0.642. The van der Waals surface area contributed by atoms with Crippen molar-refractivity contribution in [2.24, 2.45) is 0 Å². The molecule has 4 N–H and O–H groups in total. The van der Waals surface area contributed by atoms with E-state index in [1.807, 2.05) is 6.92 Å². The molecule has 24 heavy (non-hydrogen) atoms. The van der Waals surface area contributed by atoms with Crippen molar-refractivity contribution in [1.29, 1.82) is 0 Å². The summed E-state index contributed by atoms with van der Waals surface area (Å²) < 4.78 is 5.15. The number of nitrogens with one attached hydrogen (secondary N) is 2. The lowest BCUT2D eigenvalue weighted by molar-refractivity contribution is -0.664. The van der Waals surface area contributed by atoms with Gasteiger partial charge in [0.1, 0.15) is 13.1 Å². The summed E-state index contributed by atoms with van der Waals surface area (Å²) in [5.74, 6) is -0.365. The molecule has 1 aliphatic rings. The molecule has 0 radical (unpaired) electrons. The zero-order valence-corrected chi connectivity index (χ0v) is 14.5. The molecule has 1 heterocycles. The van der Waals surface area contributed by atoms with Crippen LogP contribution in [0, 0.1) is 6.92 Å².